The lowest BCUT2D eigenvalue weighted by atomic mass is 10.2. The number of anilines is 1. The molecule has 0 radical (unpaired) electrons. The first-order valence-corrected chi connectivity index (χ1v) is 6.54. The zero-order valence-electron chi connectivity index (χ0n) is 9.62. The number of carbonyl (C=O) groups excluding carboxylic acids is 1. The summed E-state index contributed by atoms with van der Waals surface area (Å²) in [7, 11) is 0. The Kier molecular flexibility index (Phi) is 2.74. The maximum absolute atomic E-state index is 12.6. The number of nitrogens with zero attached hydrogens (tertiary/aromatic N) is 1. The zero-order valence-corrected chi connectivity index (χ0v) is 10.4. The quantitative estimate of drug-likeness (QED) is 0.915. The van der Waals surface area contributed by atoms with Gasteiger partial charge >= 0.3 is 6.18 Å². The highest BCUT2D eigenvalue weighted by atomic mass is 32.1. The number of aromatic nitrogens is 1. The first kappa shape index (κ1) is 12.4. The molecule has 1 fully saturated rings. The van der Waals surface area contributed by atoms with Gasteiger partial charge in [-0.1, -0.05) is 11.3 Å². The van der Waals surface area contributed by atoms with Gasteiger partial charge in [-0.05, 0) is 31.0 Å². The molecule has 1 heterocycles. The minimum atomic E-state index is -4.37. The Hall–Kier alpha value is -1.63. The van der Waals surface area contributed by atoms with Crippen LogP contribution in [0.5, 0.6) is 0 Å². The standard InChI is InChI=1S/C12H9F3N2OS/c13-12(14,15)7-3-4-8-9(5-7)19-11(16-8)17-10(18)6-1-2-6/h3-6H,1-2H2,(H,16,17,18). The maximum atomic E-state index is 12.6. The minimum absolute atomic E-state index is 0.0396. The number of nitrogens with one attached hydrogen (secondary N) is 1. The molecule has 2 aromatic rings. The molecule has 1 aromatic carbocycles. The molecule has 0 bridgehead atoms. The summed E-state index contributed by atoms with van der Waals surface area (Å²) in [4.78, 5) is 15.7. The van der Waals surface area contributed by atoms with E-state index in [1.807, 2.05) is 0 Å². The molecular formula is C12H9F3N2OS. The Morgan fingerprint density at radius 3 is 2.74 bits per heavy atom. The molecule has 0 unspecified atom stereocenters. The number of halogens is 3. The second-order valence-electron chi connectivity index (χ2n) is 4.46. The van der Waals surface area contributed by atoms with E-state index in [2.05, 4.69) is 10.3 Å². The van der Waals surface area contributed by atoms with E-state index in [4.69, 9.17) is 0 Å². The summed E-state index contributed by atoms with van der Waals surface area (Å²) in [6, 6.07) is 3.37. The van der Waals surface area contributed by atoms with Gasteiger partial charge in [-0.25, -0.2) is 4.98 Å². The van der Waals surface area contributed by atoms with Gasteiger partial charge in [0, 0.05) is 5.92 Å². The van der Waals surface area contributed by atoms with Crippen molar-refractivity contribution in [2.75, 3.05) is 5.32 Å². The minimum Gasteiger partial charge on any atom is -0.302 e. The van der Waals surface area contributed by atoms with E-state index in [1.54, 1.807) is 0 Å². The number of hydrogen-bond acceptors (Lipinski definition) is 3. The van der Waals surface area contributed by atoms with E-state index in [9.17, 15) is 18.0 Å². The SMILES string of the molecule is O=C(Nc1nc2ccc(C(F)(F)F)cc2s1)C1CC1. The molecule has 1 amide bonds. The molecule has 0 saturated heterocycles. The summed E-state index contributed by atoms with van der Waals surface area (Å²) in [5.74, 6) is -0.0622. The van der Waals surface area contributed by atoms with Gasteiger partial charge in [-0.2, -0.15) is 13.2 Å². The molecule has 100 valence electrons. The van der Waals surface area contributed by atoms with Gasteiger partial charge in [-0.15, -0.1) is 0 Å². The molecular weight excluding hydrogens is 277 g/mol. The molecule has 0 spiro atoms. The van der Waals surface area contributed by atoms with E-state index < -0.39 is 11.7 Å². The molecule has 1 aliphatic carbocycles. The van der Waals surface area contributed by atoms with E-state index in [-0.39, 0.29) is 11.8 Å². The lowest BCUT2D eigenvalue weighted by Gasteiger charge is -2.04. The van der Waals surface area contributed by atoms with E-state index in [1.165, 1.54) is 6.07 Å². The molecule has 7 heteroatoms. The Balaban J connectivity index is 1.89. The van der Waals surface area contributed by atoms with Crippen LogP contribution >= 0.6 is 11.3 Å². The highest BCUT2D eigenvalue weighted by Gasteiger charge is 2.32. The van der Waals surface area contributed by atoms with E-state index >= 15 is 0 Å². The van der Waals surface area contributed by atoms with Crippen LogP contribution in [0.2, 0.25) is 0 Å². The maximum Gasteiger partial charge on any atom is 0.416 e. The van der Waals surface area contributed by atoms with Crippen molar-refractivity contribution in [3.8, 4) is 0 Å². The van der Waals surface area contributed by atoms with E-state index in [0.29, 0.717) is 15.3 Å². The van der Waals surface area contributed by atoms with Gasteiger partial charge in [0.1, 0.15) is 0 Å². The molecule has 3 nitrogen and oxygen atoms in total. The van der Waals surface area contributed by atoms with Crippen LogP contribution in [0.25, 0.3) is 10.2 Å². The van der Waals surface area contributed by atoms with Gasteiger partial charge in [0.15, 0.2) is 5.13 Å². The number of fused-ring (bicyclic) bond motifs is 1. The highest BCUT2D eigenvalue weighted by molar-refractivity contribution is 7.22. The number of alkyl halides is 3. The van der Waals surface area contributed by atoms with Crippen LogP contribution in [-0.2, 0) is 11.0 Å². The Bertz CT molecular complexity index is 646. The average Bonchev–Trinajstić information content (AvgIpc) is 3.08. The molecule has 3 rings (SSSR count). The summed E-state index contributed by atoms with van der Waals surface area (Å²) < 4.78 is 38.1. The van der Waals surface area contributed by atoms with Gasteiger partial charge in [0.25, 0.3) is 0 Å². The topological polar surface area (TPSA) is 42.0 Å². The molecule has 1 N–H and O–H groups in total. The number of carbonyl (C=O) groups is 1. The number of thiazole rings is 1. The molecule has 1 aromatic heterocycles. The third-order valence-electron chi connectivity index (χ3n) is 2.89. The third-order valence-corrected chi connectivity index (χ3v) is 3.83. The van der Waals surface area contributed by atoms with Crippen molar-refractivity contribution >= 4 is 32.6 Å². The summed E-state index contributed by atoms with van der Waals surface area (Å²) in [5.41, 5.74) is -0.243. The lowest BCUT2D eigenvalue weighted by Crippen LogP contribution is -2.12. The van der Waals surface area contributed by atoms with Crippen LogP contribution in [0.4, 0.5) is 18.3 Å². The van der Waals surface area contributed by atoms with Crippen LogP contribution in [-0.4, -0.2) is 10.9 Å². The Labute approximate surface area is 110 Å². The fraction of sp³-hybridized carbons (Fsp3) is 0.333. The Morgan fingerprint density at radius 2 is 2.11 bits per heavy atom. The normalized spacial score (nSPS) is 15.7. The number of rotatable bonds is 2. The van der Waals surface area contributed by atoms with Gasteiger partial charge in [0.05, 0.1) is 15.8 Å². The van der Waals surface area contributed by atoms with E-state index in [0.717, 1.165) is 36.3 Å². The summed E-state index contributed by atoms with van der Waals surface area (Å²) in [6.45, 7) is 0. The second kappa shape index (κ2) is 4.19. The third kappa shape index (κ3) is 2.56. The summed E-state index contributed by atoms with van der Waals surface area (Å²) in [6.07, 6.45) is -2.63. The van der Waals surface area contributed by atoms with Crippen LogP contribution in [0.1, 0.15) is 18.4 Å². The largest absolute Gasteiger partial charge is 0.416 e. The predicted octanol–water partition coefficient (Wildman–Crippen LogP) is 3.66. The second-order valence-corrected chi connectivity index (χ2v) is 5.49. The molecule has 0 atom stereocenters. The first-order chi connectivity index (χ1) is 8.93. The van der Waals surface area contributed by atoms with Crippen molar-refractivity contribution in [2.45, 2.75) is 19.0 Å². The zero-order chi connectivity index (χ0) is 13.6. The highest BCUT2D eigenvalue weighted by Crippen LogP contribution is 2.35. The van der Waals surface area contributed by atoms with Gasteiger partial charge in [-0.3, -0.25) is 4.79 Å². The predicted molar refractivity (Wildman–Crippen MR) is 66.0 cm³/mol. The number of amides is 1. The fourth-order valence-corrected chi connectivity index (χ4v) is 2.62. The van der Waals surface area contributed by atoms with Crippen molar-refractivity contribution in [1.82, 2.24) is 4.98 Å². The smallest absolute Gasteiger partial charge is 0.302 e. The average molecular weight is 286 g/mol. The fourth-order valence-electron chi connectivity index (χ4n) is 1.71. The van der Waals surface area contributed by atoms with Crippen LogP contribution in [0, 0.1) is 5.92 Å². The summed E-state index contributed by atoms with van der Waals surface area (Å²) >= 11 is 1.06. The number of benzene rings is 1. The van der Waals surface area contributed by atoms with Gasteiger partial charge in [0.2, 0.25) is 5.91 Å². The van der Waals surface area contributed by atoms with Gasteiger partial charge < -0.3 is 5.32 Å². The van der Waals surface area contributed by atoms with Crippen LogP contribution in [0.3, 0.4) is 0 Å². The molecule has 1 aliphatic rings. The summed E-state index contributed by atoms with van der Waals surface area (Å²) in [5, 5.41) is 2.99. The molecule has 19 heavy (non-hydrogen) atoms. The van der Waals surface area contributed by atoms with Crippen molar-refractivity contribution < 1.29 is 18.0 Å². The lowest BCUT2D eigenvalue weighted by molar-refractivity contribution is -0.137. The molecule has 0 aliphatic heterocycles. The molecule has 1 saturated carbocycles. The van der Waals surface area contributed by atoms with Crippen molar-refractivity contribution in [2.24, 2.45) is 5.92 Å². The van der Waals surface area contributed by atoms with Crippen molar-refractivity contribution in [3.63, 3.8) is 0 Å². The van der Waals surface area contributed by atoms with Crippen LogP contribution < -0.4 is 5.32 Å². The van der Waals surface area contributed by atoms with Crippen LogP contribution in [0.15, 0.2) is 18.2 Å². The number of hydrogen-bond donors (Lipinski definition) is 1. The van der Waals surface area contributed by atoms with Crippen molar-refractivity contribution in [1.29, 1.82) is 0 Å². The van der Waals surface area contributed by atoms with Crippen molar-refractivity contribution in [3.05, 3.63) is 23.8 Å². The monoisotopic (exact) mass is 286 g/mol. The first-order valence-electron chi connectivity index (χ1n) is 5.72. The Morgan fingerprint density at radius 1 is 1.37 bits per heavy atom.